The third kappa shape index (κ3) is 10.9. The Morgan fingerprint density at radius 1 is 0.957 bits per heavy atom. The Kier molecular flexibility index (Phi) is 11.2. The number of amides is 1. The van der Waals surface area contributed by atoms with Gasteiger partial charge in [0.25, 0.3) is 0 Å². The van der Waals surface area contributed by atoms with Crippen LogP contribution < -0.4 is 5.32 Å². The van der Waals surface area contributed by atoms with Gasteiger partial charge in [-0.25, -0.2) is 4.98 Å². The second-order valence-corrected chi connectivity index (χ2v) is 6.55. The molecule has 1 aromatic rings. The highest BCUT2D eigenvalue weighted by Gasteiger charge is 2.03. The number of nitrogens with one attached hydrogen (secondary N) is 1. The minimum Gasteiger partial charge on any atom is -0.311 e. The van der Waals surface area contributed by atoms with E-state index in [1.165, 1.54) is 57.8 Å². The maximum Gasteiger partial charge on any atom is 0.225 e. The first-order chi connectivity index (χ1) is 11.2. The Balaban J connectivity index is 1.91. The first-order valence-electron chi connectivity index (χ1n) is 9.45. The number of aryl methyl sites for hydroxylation is 1. The minimum atomic E-state index is 0.0824. The van der Waals surface area contributed by atoms with Crippen molar-refractivity contribution in [3.8, 4) is 0 Å². The lowest BCUT2D eigenvalue weighted by atomic mass is 10.1. The highest BCUT2D eigenvalue weighted by molar-refractivity contribution is 5.89. The van der Waals surface area contributed by atoms with Gasteiger partial charge in [0.2, 0.25) is 5.91 Å². The van der Waals surface area contributed by atoms with E-state index in [1.807, 2.05) is 19.1 Å². The minimum absolute atomic E-state index is 0.0824. The maximum absolute atomic E-state index is 11.8. The molecule has 1 N–H and O–H groups in total. The van der Waals surface area contributed by atoms with Crippen molar-refractivity contribution < 1.29 is 4.79 Å². The van der Waals surface area contributed by atoms with Crippen LogP contribution in [-0.4, -0.2) is 10.9 Å². The summed E-state index contributed by atoms with van der Waals surface area (Å²) in [5.41, 5.74) is 1.12. The number of aromatic nitrogens is 1. The van der Waals surface area contributed by atoms with Crippen LogP contribution in [0, 0.1) is 6.92 Å². The molecule has 0 aromatic carbocycles. The van der Waals surface area contributed by atoms with Crippen LogP contribution in [0.4, 0.5) is 5.82 Å². The summed E-state index contributed by atoms with van der Waals surface area (Å²) in [4.78, 5) is 16.0. The lowest BCUT2D eigenvalue weighted by Crippen LogP contribution is -2.12. The average Bonchev–Trinajstić information content (AvgIpc) is 2.52. The van der Waals surface area contributed by atoms with Crippen LogP contribution in [-0.2, 0) is 4.79 Å². The average molecular weight is 319 g/mol. The molecule has 0 aliphatic rings. The Labute approximate surface area is 142 Å². The third-order valence-electron chi connectivity index (χ3n) is 4.19. The predicted molar refractivity (Wildman–Crippen MR) is 98.7 cm³/mol. The Bertz CT molecular complexity index is 431. The molecule has 0 atom stereocenters. The van der Waals surface area contributed by atoms with E-state index >= 15 is 0 Å². The summed E-state index contributed by atoms with van der Waals surface area (Å²) in [6.45, 7) is 4.26. The van der Waals surface area contributed by atoms with Gasteiger partial charge in [0, 0.05) is 12.6 Å². The summed E-state index contributed by atoms with van der Waals surface area (Å²) < 4.78 is 0. The number of anilines is 1. The fourth-order valence-corrected chi connectivity index (χ4v) is 2.76. The van der Waals surface area contributed by atoms with Gasteiger partial charge in [-0.2, -0.15) is 0 Å². The molecule has 0 saturated heterocycles. The normalized spacial score (nSPS) is 10.7. The van der Waals surface area contributed by atoms with E-state index in [-0.39, 0.29) is 5.91 Å². The van der Waals surface area contributed by atoms with Crippen LogP contribution >= 0.6 is 0 Å². The number of pyridine rings is 1. The highest BCUT2D eigenvalue weighted by atomic mass is 16.1. The van der Waals surface area contributed by atoms with E-state index in [0.717, 1.165) is 18.4 Å². The van der Waals surface area contributed by atoms with Crippen molar-refractivity contribution >= 4 is 11.7 Å². The maximum atomic E-state index is 11.8. The number of nitrogens with zero attached hydrogens (tertiary/aromatic N) is 1. The van der Waals surface area contributed by atoms with Crippen LogP contribution in [0.15, 0.2) is 18.3 Å². The van der Waals surface area contributed by atoms with Crippen molar-refractivity contribution in [1.82, 2.24) is 4.98 Å². The number of hydrogen-bond donors (Lipinski definition) is 1. The van der Waals surface area contributed by atoms with Gasteiger partial charge in [-0.3, -0.25) is 4.79 Å². The topological polar surface area (TPSA) is 42.0 Å². The largest absolute Gasteiger partial charge is 0.311 e. The van der Waals surface area contributed by atoms with Gasteiger partial charge in [0.15, 0.2) is 0 Å². The van der Waals surface area contributed by atoms with E-state index in [0.29, 0.717) is 12.2 Å². The summed E-state index contributed by atoms with van der Waals surface area (Å²) in [6.07, 6.45) is 16.7. The molecule has 1 heterocycles. The Morgan fingerprint density at radius 2 is 1.52 bits per heavy atom. The van der Waals surface area contributed by atoms with Gasteiger partial charge in [0.1, 0.15) is 5.82 Å². The summed E-state index contributed by atoms with van der Waals surface area (Å²) in [6, 6.07) is 3.83. The van der Waals surface area contributed by atoms with Gasteiger partial charge in [-0.1, -0.05) is 71.1 Å². The number of rotatable bonds is 13. The molecule has 0 saturated carbocycles. The molecule has 130 valence electrons. The molecule has 0 unspecified atom stereocenters. The molecule has 3 heteroatoms. The predicted octanol–water partition coefficient (Wildman–Crippen LogP) is 6.03. The van der Waals surface area contributed by atoms with Gasteiger partial charge in [0.05, 0.1) is 0 Å². The quantitative estimate of drug-likeness (QED) is 0.451. The molecular formula is C20H34N2O. The van der Waals surface area contributed by atoms with Gasteiger partial charge in [-0.15, -0.1) is 0 Å². The molecule has 0 aliphatic carbocycles. The van der Waals surface area contributed by atoms with Crippen molar-refractivity contribution in [1.29, 1.82) is 0 Å². The van der Waals surface area contributed by atoms with Gasteiger partial charge < -0.3 is 5.32 Å². The van der Waals surface area contributed by atoms with Gasteiger partial charge >= 0.3 is 0 Å². The Hall–Kier alpha value is -1.38. The SMILES string of the molecule is CCCCCCCCCCCCCC(=O)Nc1cc(C)ccn1. The summed E-state index contributed by atoms with van der Waals surface area (Å²) >= 11 is 0. The number of carbonyl (C=O) groups is 1. The first-order valence-corrected chi connectivity index (χ1v) is 9.45. The van der Waals surface area contributed by atoms with E-state index in [4.69, 9.17) is 0 Å². The van der Waals surface area contributed by atoms with E-state index in [1.54, 1.807) is 6.20 Å². The molecule has 0 bridgehead atoms. The van der Waals surface area contributed by atoms with E-state index < -0.39 is 0 Å². The first kappa shape index (κ1) is 19.7. The number of hydrogen-bond acceptors (Lipinski definition) is 2. The van der Waals surface area contributed by atoms with Crippen LogP contribution in [0.1, 0.15) is 89.5 Å². The monoisotopic (exact) mass is 318 g/mol. The molecule has 1 rings (SSSR count). The zero-order valence-corrected chi connectivity index (χ0v) is 15.1. The smallest absolute Gasteiger partial charge is 0.225 e. The Morgan fingerprint density at radius 3 is 2.09 bits per heavy atom. The molecule has 0 radical (unpaired) electrons. The zero-order chi connectivity index (χ0) is 16.8. The summed E-state index contributed by atoms with van der Waals surface area (Å²) in [5.74, 6) is 0.747. The van der Waals surface area contributed by atoms with Crippen molar-refractivity contribution in [3.05, 3.63) is 23.9 Å². The van der Waals surface area contributed by atoms with E-state index in [9.17, 15) is 4.79 Å². The van der Waals surface area contributed by atoms with Crippen LogP contribution in [0.2, 0.25) is 0 Å². The zero-order valence-electron chi connectivity index (χ0n) is 15.1. The second kappa shape index (κ2) is 13.1. The van der Waals surface area contributed by atoms with Crippen LogP contribution in [0.5, 0.6) is 0 Å². The van der Waals surface area contributed by atoms with Crippen molar-refractivity contribution in [2.24, 2.45) is 0 Å². The molecule has 0 fully saturated rings. The molecule has 3 nitrogen and oxygen atoms in total. The molecule has 1 aromatic heterocycles. The van der Waals surface area contributed by atoms with Crippen molar-refractivity contribution in [3.63, 3.8) is 0 Å². The fourth-order valence-electron chi connectivity index (χ4n) is 2.76. The fraction of sp³-hybridized carbons (Fsp3) is 0.700. The molecule has 1 amide bonds. The summed E-state index contributed by atoms with van der Waals surface area (Å²) in [7, 11) is 0. The van der Waals surface area contributed by atoms with Crippen LogP contribution in [0.3, 0.4) is 0 Å². The lowest BCUT2D eigenvalue weighted by Gasteiger charge is -2.05. The van der Waals surface area contributed by atoms with Gasteiger partial charge in [-0.05, 0) is 31.0 Å². The van der Waals surface area contributed by atoms with Crippen molar-refractivity contribution in [2.75, 3.05) is 5.32 Å². The third-order valence-corrected chi connectivity index (χ3v) is 4.19. The standard InChI is InChI=1S/C20H34N2O/c1-3-4-5-6-7-8-9-10-11-12-13-14-20(23)22-19-17-18(2)15-16-21-19/h15-17H,3-14H2,1-2H3,(H,21,22,23). The van der Waals surface area contributed by atoms with Crippen LogP contribution in [0.25, 0.3) is 0 Å². The molecule has 23 heavy (non-hydrogen) atoms. The van der Waals surface area contributed by atoms with Crippen molar-refractivity contribution in [2.45, 2.75) is 90.9 Å². The molecule has 0 spiro atoms. The number of carbonyl (C=O) groups excluding carboxylic acids is 1. The summed E-state index contributed by atoms with van der Waals surface area (Å²) in [5, 5.41) is 2.87. The number of unbranched alkanes of at least 4 members (excludes halogenated alkanes) is 10. The highest BCUT2D eigenvalue weighted by Crippen LogP contribution is 2.12. The molecule has 0 aliphatic heterocycles. The second-order valence-electron chi connectivity index (χ2n) is 6.55. The lowest BCUT2D eigenvalue weighted by molar-refractivity contribution is -0.116. The molecular weight excluding hydrogens is 284 g/mol. The van der Waals surface area contributed by atoms with E-state index in [2.05, 4.69) is 17.2 Å².